The molecule has 4 heteroatoms. The molecule has 122 valence electrons. The lowest BCUT2D eigenvalue weighted by atomic mass is 10.2. The van der Waals surface area contributed by atoms with E-state index in [-0.39, 0.29) is 0 Å². The molecule has 4 aromatic rings. The fourth-order valence-electron chi connectivity index (χ4n) is 2.78. The van der Waals surface area contributed by atoms with Gasteiger partial charge in [0.2, 0.25) is 0 Å². The van der Waals surface area contributed by atoms with Gasteiger partial charge in [-0.1, -0.05) is 0 Å². The molecule has 0 nitrogen and oxygen atoms in total. The third kappa shape index (κ3) is 2.93. The van der Waals surface area contributed by atoms with Gasteiger partial charge in [0.05, 0.1) is 0 Å². The molecule has 0 aromatic carbocycles. The SMILES string of the molecule is Cc1csc(-c2cc(C)c(-c3sc(-c4cc(C)cs4)cc3C)s2)c1. The van der Waals surface area contributed by atoms with Crippen molar-refractivity contribution in [1.29, 1.82) is 0 Å². The van der Waals surface area contributed by atoms with Crippen molar-refractivity contribution in [3.63, 3.8) is 0 Å². The van der Waals surface area contributed by atoms with Crippen LogP contribution in [0, 0.1) is 27.7 Å². The summed E-state index contributed by atoms with van der Waals surface area (Å²) in [5.74, 6) is 0. The minimum atomic E-state index is 1.35. The monoisotopic (exact) mass is 386 g/mol. The molecule has 0 radical (unpaired) electrons. The molecule has 4 aromatic heterocycles. The number of rotatable bonds is 3. The fourth-order valence-corrected chi connectivity index (χ4v) is 7.36. The predicted molar refractivity (Wildman–Crippen MR) is 113 cm³/mol. The second-order valence-corrected chi connectivity index (χ2v) is 10.1. The molecule has 4 heterocycles. The standard InChI is InChI=1S/C20H18S4/c1-11-5-15(21-9-11)17-7-13(3)19(23-17)20-14(4)8-18(24-20)16-6-12(2)10-22-16/h5-10H,1-4H3. The van der Waals surface area contributed by atoms with Crippen LogP contribution in [0.25, 0.3) is 29.3 Å². The van der Waals surface area contributed by atoms with Crippen LogP contribution in [0.5, 0.6) is 0 Å². The van der Waals surface area contributed by atoms with Gasteiger partial charge in [0.15, 0.2) is 0 Å². The molecule has 0 aliphatic heterocycles. The molecule has 0 unspecified atom stereocenters. The highest BCUT2D eigenvalue weighted by Crippen LogP contribution is 2.46. The van der Waals surface area contributed by atoms with Crippen LogP contribution in [-0.4, -0.2) is 0 Å². The van der Waals surface area contributed by atoms with E-state index in [2.05, 4.69) is 62.7 Å². The van der Waals surface area contributed by atoms with E-state index in [1.165, 1.54) is 51.5 Å². The van der Waals surface area contributed by atoms with Gasteiger partial charge >= 0.3 is 0 Å². The number of hydrogen-bond acceptors (Lipinski definition) is 4. The summed E-state index contributed by atoms with van der Waals surface area (Å²) in [5.41, 5.74) is 5.48. The smallest absolute Gasteiger partial charge is 0.0481 e. The molecule has 4 rings (SSSR count). The van der Waals surface area contributed by atoms with Gasteiger partial charge in [-0.3, -0.25) is 0 Å². The van der Waals surface area contributed by atoms with Crippen LogP contribution in [0.15, 0.2) is 35.0 Å². The lowest BCUT2D eigenvalue weighted by Gasteiger charge is -1.97. The largest absolute Gasteiger partial charge is 0.143 e. The quantitative estimate of drug-likeness (QED) is 0.333. The molecule has 0 saturated heterocycles. The van der Waals surface area contributed by atoms with Crippen LogP contribution in [0.3, 0.4) is 0 Å². The Hall–Kier alpha value is -1.20. The Balaban J connectivity index is 1.77. The van der Waals surface area contributed by atoms with Crippen molar-refractivity contribution >= 4 is 45.3 Å². The van der Waals surface area contributed by atoms with E-state index < -0.39 is 0 Å². The summed E-state index contributed by atoms with van der Waals surface area (Å²) >= 11 is 7.55. The van der Waals surface area contributed by atoms with Crippen LogP contribution in [0.4, 0.5) is 0 Å². The summed E-state index contributed by atoms with van der Waals surface area (Å²) in [4.78, 5) is 8.41. The zero-order chi connectivity index (χ0) is 16.8. The minimum absolute atomic E-state index is 1.35. The lowest BCUT2D eigenvalue weighted by molar-refractivity contribution is 1.51. The number of thiophene rings is 4. The molecular formula is C20H18S4. The summed E-state index contributed by atoms with van der Waals surface area (Å²) in [6, 6.07) is 9.28. The third-order valence-electron chi connectivity index (χ3n) is 3.99. The highest BCUT2D eigenvalue weighted by atomic mass is 32.1. The highest BCUT2D eigenvalue weighted by molar-refractivity contribution is 7.28. The third-order valence-corrected chi connectivity index (χ3v) is 9.11. The van der Waals surface area contributed by atoms with Crippen molar-refractivity contribution in [2.24, 2.45) is 0 Å². The Morgan fingerprint density at radius 2 is 0.958 bits per heavy atom. The summed E-state index contributed by atoms with van der Waals surface area (Å²) in [7, 11) is 0. The maximum absolute atomic E-state index is 2.35. The Kier molecular flexibility index (Phi) is 4.25. The molecule has 0 atom stereocenters. The van der Waals surface area contributed by atoms with Crippen molar-refractivity contribution in [1.82, 2.24) is 0 Å². The van der Waals surface area contributed by atoms with E-state index in [1.807, 2.05) is 45.3 Å². The van der Waals surface area contributed by atoms with Gasteiger partial charge in [-0.15, -0.1) is 45.3 Å². The van der Waals surface area contributed by atoms with Gasteiger partial charge < -0.3 is 0 Å². The molecule has 0 spiro atoms. The normalized spacial score (nSPS) is 11.3. The van der Waals surface area contributed by atoms with Crippen molar-refractivity contribution in [3.8, 4) is 29.3 Å². The second kappa shape index (κ2) is 6.26. The maximum atomic E-state index is 2.35. The van der Waals surface area contributed by atoms with E-state index in [9.17, 15) is 0 Å². The Labute approximate surface area is 159 Å². The van der Waals surface area contributed by atoms with Crippen molar-refractivity contribution in [3.05, 3.63) is 57.3 Å². The Bertz CT molecular complexity index is 924. The average Bonchev–Trinajstić information content (AvgIpc) is 3.27. The first-order valence-corrected chi connectivity index (χ1v) is 11.2. The second-order valence-electron chi connectivity index (χ2n) is 6.22. The lowest BCUT2D eigenvalue weighted by Crippen LogP contribution is -1.72. The molecule has 24 heavy (non-hydrogen) atoms. The minimum Gasteiger partial charge on any atom is -0.143 e. The molecule has 0 fully saturated rings. The molecule has 0 amide bonds. The predicted octanol–water partition coefficient (Wildman–Crippen LogP) is 8.17. The van der Waals surface area contributed by atoms with Crippen LogP contribution in [0.1, 0.15) is 22.3 Å². The van der Waals surface area contributed by atoms with Gasteiger partial charge in [0.1, 0.15) is 0 Å². The molecular weight excluding hydrogens is 368 g/mol. The van der Waals surface area contributed by atoms with Crippen molar-refractivity contribution < 1.29 is 0 Å². The van der Waals surface area contributed by atoms with Crippen LogP contribution in [0.2, 0.25) is 0 Å². The van der Waals surface area contributed by atoms with Crippen molar-refractivity contribution in [2.45, 2.75) is 27.7 Å². The average molecular weight is 387 g/mol. The maximum Gasteiger partial charge on any atom is 0.0481 e. The van der Waals surface area contributed by atoms with Crippen LogP contribution in [-0.2, 0) is 0 Å². The summed E-state index contributed by atoms with van der Waals surface area (Å²) in [6.45, 7) is 8.81. The first kappa shape index (κ1) is 16.3. The topological polar surface area (TPSA) is 0 Å². The van der Waals surface area contributed by atoms with Crippen molar-refractivity contribution in [2.75, 3.05) is 0 Å². The highest BCUT2D eigenvalue weighted by Gasteiger charge is 2.16. The summed E-state index contributed by atoms with van der Waals surface area (Å²) in [5, 5.41) is 4.47. The van der Waals surface area contributed by atoms with E-state index in [4.69, 9.17) is 0 Å². The zero-order valence-electron chi connectivity index (χ0n) is 14.1. The molecule has 0 aliphatic carbocycles. The molecule has 0 aliphatic rings. The van der Waals surface area contributed by atoms with E-state index >= 15 is 0 Å². The van der Waals surface area contributed by atoms with E-state index in [0.717, 1.165) is 0 Å². The number of hydrogen-bond donors (Lipinski definition) is 0. The molecule has 0 N–H and O–H groups in total. The van der Waals surface area contributed by atoms with Gasteiger partial charge in [-0.25, -0.2) is 0 Å². The van der Waals surface area contributed by atoms with E-state index in [0.29, 0.717) is 0 Å². The summed E-state index contributed by atoms with van der Waals surface area (Å²) in [6.07, 6.45) is 0. The van der Waals surface area contributed by atoms with Gasteiger partial charge in [-0.05, 0) is 85.0 Å². The summed E-state index contributed by atoms with van der Waals surface area (Å²) < 4.78 is 0. The Morgan fingerprint density at radius 3 is 1.29 bits per heavy atom. The van der Waals surface area contributed by atoms with Crippen LogP contribution < -0.4 is 0 Å². The molecule has 0 saturated carbocycles. The van der Waals surface area contributed by atoms with Gasteiger partial charge in [0, 0.05) is 29.3 Å². The van der Waals surface area contributed by atoms with E-state index in [1.54, 1.807) is 0 Å². The first-order valence-electron chi connectivity index (χ1n) is 7.83. The van der Waals surface area contributed by atoms with Gasteiger partial charge in [-0.2, -0.15) is 0 Å². The zero-order valence-corrected chi connectivity index (χ0v) is 17.4. The fraction of sp³-hybridized carbons (Fsp3) is 0.200. The molecule has 0 bridgehead atoms. The van der Waals surface area contributed by atoms with Gasteiger partial charge in [0.25, 0.3) is 0 Å². The number of aryl methyl sites for hydroxylation is 4. The first-order chi connectivity index (χ1) is 11.5. The Morgan fingerprint density at radius 1 is 0.542 bits per heavy atom. The van der Waals surface area contributed by atoms with Crippen LogP contribution >= 0.6 is 45.3 Å².